The molecule has 3 aliphatic rings. The summed E-state index contributed by atoms with van der Waals surface area (Å²) in [6, 6.07) is 1.51. The minimum absolute atomic E-state index is 0.0469. The lowest BCUT2D eigenvalue weighted by atomic mass is 9.94. The second kappa shape index (κ2) is 7.08. The molecule has 0 spiro atoms. The number of halogens is 2. The predicted octanol–water partition coefficient (Wildman–Crippen LogP) is 2.92. The summed E-state index contributed by atoms with van der Waals surface area (Å²) < 4.78 is 22.6. The number of fused-ring (bicyclic) bond motifs is 2. The van der Waals surface area contributed by atoms with Gasteiger partial charge in [-0.3, -0.25) is 4.79 Å². The van der Waals surface area contributed by atoms with Crippen molar-refractivity contribution in [2.24, 2.45) is 5.92 Å². The van der Waals surface area contributed by atoms with Crippen molar-refractivity contribution in [3.63, 3.8) is 0 Å². The van der Waals surface area contributed by atoms with E-state index in [1.807, 2.05) is 4.90 Å². The van der Waals surface area contributed by atoms with Crippen LogP contribution in [0.2, 0.25) is 0 Å². The van der Waals surface area contributed by atoms with Crippen LogP contribution in [0, 0.1) is 11.7 Å². The molecule has 1 aromatic heterocycles. The van der Waals surface area contributed by atoms with Crippen LogP contribution < -0.4 is 20.4 Å². The second-order valence-corrected chi connectivity index (χ2v) is 10.5. The van der Waals surface area contributed by atoms with Crippen molar-refractivity contribution in [2.45, 2.75) is 35.3 Å². The Hall–Kier alpha value is -1.88. The lowest BCUT2D eigenvalue weighted by Gasteiger charge is -2.26. The number of ether oxygens (including phenoxy) is 1. The maximum Gasteiger partial charge on any atom is 0.341 e. The Morgan fingerprint density at radius 2 is 2.17 bits per heavy atom. The van der Waals surface area contributed by atoms with Crippen LogP contribution in [0.5, 0.6) is 5.75 Å². The van der Waals surface area contributed by atoms with E-state index in [9.17, 15) is 14.7 Å². The third-order valence-corrected chi connectivity index (χ3v) is 8.21. The summed E-state index contributed by atoms with van der Waals surface area (Å²) in [5.74, 6) is -1.10. The van der Waals surface area contributed by atoms with Gasteiger partial charge in [-0.1, -0.05) is 22.6 Å². The first-order valence-corrected chi connectivity index (χ1v) is 11.3. The van der Waals surface area contributed by atoms with Crippen LogP contribution in [0.4, 0.5) is 10.1 Å². The van der Waals surface area contributed by atoms with Crippen molar-refractivity contribution in [2.75, 3.05) is 31.6 Å². The SMILES string of the molecule is COc1c(N2CC3CCCN[C@@H]3C2)c(F)cc2c(=O)c(C(=O)O)cn(C3(I)CC3)c12. The predicted molar refractivity (Wildman–Crippen MR) is 120 cm³/mol. The molecule has 1 aromatic carbocycles. The number of hydrogen-bond acceptors (Lipinski definition) is 5. The van der Waals surface area contributed by atoms with E-state index in [4.69, 9.17) is 4.74 Å². The Morgan fingerprint density at radius 1 is 1.40 bits per heavy atom. The molecule has 2 atom stereocenters. The molecule has 2 aliphatic heterocycles. The van der Waals surface area contributed by atoms with Gasteiger partial charge in [-0.25, -0.2) is 9.18 Å². The molecule has 0 amide bonds. The van der Waals surface area contributed by atoms with Crippen molar-refractivity contribution in [1.82, 2.24) is 9.88 Å². The number of rotatable bonds is 4. The van der Waals surface area contributed by atoms with Gasteiger partial charge < -0.3 is 24.6 Å². The van der Waals surface area contributed by atoms with E-state index in [-0.39, 0.29) is 14.5 Å². The average molecular weight is 527 g/mol. The summed E-state index contributed by atoms with van der Waals surface area (Å²) in [6.07, 6.45) is 5.30. The minimum atomic E-state index is -1.31. The number of carboxylic acids is 1. The molecule has 2 aromatic rings. The monoisotopic (exact) mass is 527 g/mol. The number of carbonyl (C=O) groups is 1. The van der Waals surface area contributed by atoms with Gasteiger partial charge in [0.05, 0.1) is 21.6 Å². The summed E-state index contributed by atoms with van der Waals surface area (Å²) in [5.41, 5.74) is -0.206. The van der Waals surface area contributed by atoms with Gasteiger partial charge in [0, 0.05) is 25.3 Å². The highest BCUT2D eigenvalue weighted by atomic mass is 127. The van der Waals surface area contributed by atoms with Crippen LogP contribution in [0.3, 0.4) is 0 Å². The summed E-state index contributed by atoms with van der Waals surface area (Å²) in [5, 5.41) is 13.1. The van der Waals surface area contributed by atoms with E-state index in [0.29, 0.717) is 35.5 Å². The molecule has 1 unspecified atom stereocenters. The Morgan fingerprint density at radius 3 is 2.80 bits per heavy atom. The number of hydrogen-bond donors (Lipinski definition) is 2. The number of anilines is 1. The molecule has 1 aliphatic carbocycles. The summed E-state index contributed by atoms with van der Waals surface area (Å²) >= 11 is 2.28. The first kappa shape index (κ1) is 20.0. The third kappa shape index (κ3) is 3.00. The van der Waals surface area contributed by atoms with Crippen molar-refractivity contribution in [3.05, 3.63) is 33.9 Å². The summed E-state index contributed by atoms with van der Waals surface area (Å²) in [7, 11) is 1.48. The first-order chi connectivity index (χ1) is 14.3. The third-order valence-electron chi connectivity index (χ3n) is 6.62. The van der Waals surface area contributed by atoms with E-state index >= 15 is 4.39 Å². The first-order valence-electron chi connectivity index (χ1n) is 10.2. The molecule has 0 bridgehead atoms. The van der Waals surface area contributed by atoms with Crippen LogP contribution >= 0.6 is 22.6 Å². The van der Waals surface area contributed by atoms with Crippen molar-refractivity contribution in [3.8, 4) is 5.75 Å². The summed E-state index contributed by atoms with van der Waals surface area (Å²) in [6.45, 7) is 2.38. The lowest BCUT2D eigenvalue weighted by Crippen LogP contribution is -2.40. The maximum atomic E-state index is 15.4. The van der Waals surface area contributed by atoms with Crippen molar-refractivity contribution < 1.29 is 19.0 Å². The molecular formula is C21H23FIN3O4. The van der Waals surface area contributed by atoms with Crippen LogP contribution in [-0.4, -0.2) is 48.4 Å². The highest BCUT2D eigenvalue weighted by molar-refractivity contribution is 14.1. The van der Waals surface area contributed by atoms with Gasteiger partial charge >= 0.3 is 5.97 Å². The summed E-state index contributed by atoms with van der Waals surface area (Å²) in [4.78, 5) is 26.6. The van der Waals surface area contributed by atoms with Crippen molar-refractivity contribution in [1.29, 1.82) is 0 Å². The number of alkyl halides is 1. The molecule has 1 saturated carbocycles. The smallest absolute Gasteiger partial charge is 0.341 e. The molecule has 160 valence electrons. The fourth-order valence-electron chi connectivity index (χ4n) is 4.95. The minimum Gasteiger partial charge on any atom is -0.492 e. The number of methoxy groups -OCH3 is 1. The van der Waals surface area contributed by atoms with E-state index in [0.717, 1.165) is 38.8 Å². The molecule has 2 saturated heterocycles. The molecule has 5 rings (SSSR count). The lowest BCUT2D eigenvalue weighted by molar-refractivity contribution is 0.0694. The van der Waals surface area contributed by atoms with Gasteiger partial charge in [0.25, 0.3) is 0 Å². The molecule has 7 nitrogen and oxygen atoms in total. The standard InChI is InChI=1S/C21H23FIN3O4/c1-30-19-16-12(18(27)13(20(28)29)9-26(16)21(23)4-5-21)7-14(22)17(19)25-8-11-3-2-6-24-15(11)10-25/h7,9,11,15,24H,2-6,8,10H2,1H3,(H,28,29)/t11?,15-/m1/s1. The van der Waals surface area contributed by atoms with Crippen LogP contribution in [0.1, 0.15) is 36.0 Å². The number of aromatic nitrogens is 1. The zero-order chi connectivity index (χ0) is 21.2. The Bertz CT molecular complexity index is 1100. The average Bonchev–Trinajstić information content (AvgIpc) is 3.32. The normalized spacial score (nSPS) is 24.7. The molecule has 0 radical (unpaired) electrons. The fourth-order valence-corrected chi connectivity index (χ4v) is 5.60. The number of carboxylic acid groups (broad SMARTS) is 1. The Labute approximate surface area is 186 Å². The van der Waals surface area contributed by atoms with Crippen molar-refractivity contribution >= 4 is 45.2 Å². The molecule has 3 fully saturated rings. The molecule has 30 heavy (non-hydrogen) atoms. The van der Waals surface area contributed by atoms with Crippen LogP contribution in [-0.2, 0) is 3.55 Å². The Balaban J connectivity index is 1.76. The fraction of sp³-hybridized carbons (Fsp3) is 0.524. The van der Waals surface area contributed by atoms with E-state index in [2.05, 4.69) is 27.9 Å². The topological polar surface area (TPSA) is 83.8 Å². The highest BCUT2D eigenvalue weighted by Gasteiger charge is 2.44. The van der Waals surface area contributed by atoms with E-state index in [1.54, 1.807) is 4.57 Å². The van der Waals surface area contributed by atoms with Crippen LogP contribution in [0.15, 0.2) is 17.1 Å². The van der Waals surface area contributed by atoms with Gasteiger partial charge in [-0.2, -0.15) is 0 Å². The number of nitrogens with one attached hydrogen (secondary N) is 1. The molecular weight excluding hydrogens is 504 g/mol. The number of benzene rings is 1. The number of aromatic carboxylic acids is 1. The molecule has 3 heterocycles. The van der Waals surface area contributed by atoms with Gasteiger partial charge in [-0.15, -0.1) is 0 Å². The quantitative estimate of drug-likeness (QED) is 0.470. The number of nitrogens with zero attached hydrogens (tertiary/aromatic N) is 2. The zero-order valence-electron chi connectivity index (χ0n) is 16.6. The van der Waals surface area contributed by atoms with Gasteiger partial charge in [0.1, 0.15) is 11.3 Å². The maximum absolute atomic E-state index is 15.4. The molecule has 2 N–H and O–H groups in total. The van der Waals surface area contributed by atoms with Gasteiger partial charge in [-0.05, 0) is 44.2 Å². The number of pyridine rings is 1. The van der Waals surface area contributed by atoms with E-state index < -0.39 is 17.2 Å². The molecule has 9 heteroatoms. The second-order valence-electron chi connectivity index (χ2n) is 8.47. The van der Waals surface area contributed by atoms with Gasteiger partial charge in [0.15, 0.2) is 11.6 Å². The highest BCUT2D eigenvalue weighted by Crippen LogP contribution is 2.53. The van der Waals surface area contributed by atoms with Crippen LogP contribution in [0.25, 0.3) is 10.9 Å². The zero-order valence-corrected chi connectivity index (χ0v) is 18.7. The van der Waals surface area contributed by atoms with Gasteiger partial charge in [0.2, 0.25) is 5.43 Å². The largest absolute Gasteiger partial charge is 0.492 e. The number of piperidine rings is 1. The van der Waals surface area contributed by atoms with E-state index in [1.165, 1.54) is 19.4 Å². The Kier molecular flexibility index (Phi) is 4.73.